The van der Waals surface area contributed by atoms with Crippen LogP contribution < -0.4 is 19.6 Å². The number of hydrogen-bond donors (Lipinski definition) is 0. The number of carbonyl (C=O) groups excluding carboxylic acids is 1. The maximum atomic E-state index is 13.8. The molecule has 2 heterocycles. The van der Waals surface area contributed by atoms with Crippen LogP contribution in [0.4, 0.5) is 0 Å². The number of ether oxygens (including phenoxy) is 2. The molecule has 0 amide bonds. The molecule has 182 valence electrons. The zero-order valence-corrected chi connectivity index (χ0v) is 23.7. The molecule has 1 aromatic heterocycles. The topological polar surface area (TPSA) is 69.9 Å². The smallest absolute Gasteiger partial charge is 0.338 e. The van der Waals surface area contributed by atoms with Gasteiger partial charge in [0, 0.05) is 10.0 Å². The molecular weight excluding hydrogens is 596 g/mol. The minimum Gasteiger partial charge on any atom is -0.492 e. The Balaban J connectivity index is 1.97. The van der Waals surface area contributed by atoms with E-state index in [2.05, 4.69) is 36.9 Å². The molecule has 0 fully saturated rings. The molecule has 0 bridgehead atoms. The molecule has 0 saturated carbocycles. The lowest BCUT2D eigenvalue weighted by Crippen LogP contribution is -2.39. The van der Waals surface area contributed by atoms with Crippen LogP contribution in [0.3, 0.4) is 0 Å². The molecule has 9 heteroatoms. The van der Waals surface area contributed by atoms with Gasteiger partial charge < -0.3 is 9.47 Å². The third-order valence-corrected chi connectivity index (χ3v) is 7.55. The summed E-state index contributed by atoms with van der Waals surface area (Å²) >= 11 is 8.35. The van der Waals surface area contributed by atoms with E-state index < -0.39 is 12.0 Å². The second kappa shape index (κ2) is 10.6. The first kappa shape index (κ1) is 25.6. The predicted octanol–water partition coefficient (Wildman–Crippen LogP) is 5.03. The fourth-order valence-electron chi connectivity index (χ4n) is 3.98. The quantitative estimate of drug-likeness (QED) is 0.363. The number of aryl methyl sites for hydroxylation is 1. The van der Waals surface area contributed by atoms with Crippen LogP contribution in [0.25, 0.3) is 6.08 Å². The van der Waals surface area contributed by atoms with Gasteiger partial charge in [-0.05, 0) is 67.4 Å². The van der Waals surface area contributed by atoms with Crippen LogP contribution in [0.2, 0.25) is 0 Å². The third kappa shape index (κ3) is 5.08. The average Bonchev–Trinajstić information content (AvgIpc) is 3.10. The number of benzene rings is 2. The number of halogens is 2. The number of carbonyl (C=O) groups is 1. The summed E-state index contributed by atoms with van der Waals surface area (Å²) in [5.41, 5.74) is 3.35. The summed E-state index contributed by atoms with van der Waals surface area (Å²) in [6.07, 6.45) is 1.81. The Morgan fingerprint density at radius 2 is 1.86 bits per heavy atom. The first-order valence-electron chi connectivity index (χ1n) is 11.1. The Morgan fingerprint density at radius 3 is 2.51 bits per heavy atom. The molecule has 0 radical (unpaired) electrons. The molecule has 0 spiro atoms. The van der Waals surface area contributed by atoms with Crippen molar-refractivity contribution < 1.29 is 14.3 Å². The standard InChI is InChI=1S/C26H24Br2N2O4S/c1-5-33-23-17(11-18(27)13-19(23)28)12-20-24(31)30-22(16-9-7-14(3)8-10-16)21(25(32)34-6-2)15(4)29-26(30)35-20/h7-13,22H,5-6H2,1-4H3/b20-12-/t22-/m1/s1. The number of fused-ring (bicyclic) bond motifs is 1. The molecule has 0 N–H and O–H groups in total. The molecule has 35 heavy (non-hydrogen) atoms. The summed E-state index contributed by atoms with van der Waals surface area (Å²) in [4.78, 5) is 31.9. The number of esters is 1. The highest BCUT2D eigenvalue weighted by Gasteiger charge is 2.33. The van der Waals surface area contributed by atoms with Crippen molar-refractivity contribution in [2.75, 3.05) is 13.2 Å². The Morgan fingerprint density at radius 1 is 1.14 bits per heavy atom. The molecule has 3 aromatic rings. The van der Waals surface area contributed by atoms with Crippen molar-refractivity contribution in [1.82, 2.24) is 4.57 Å². The molecule has 1 atom stereocenters. The summed E-state index contributed by atoms with van der Waals surface area (Å²) < 4.78 is 14.9. The van der Waals surface area contributed by atoms with Crippen molar-refractivity contribution in [3.05, 3.63) is 93.0 Å². The van der Waals surface area contributed by atoms with E-state index in [-0.39, 0.29) is 12.2 Å². The van der Waals surface area contributed by atoms with Crippen molar-refractivity contribution in [1.29, 1.82) is 0 Å². The first-order valence-corrected chi connectivity index (χ1v) is 13.5. The van der Waals surface area contributed by atoms with Gasteiger partial charge in [0.05, 0.1) is 39.5 Å². The minimum atomic E-state index is -0.631. The van der Waals surface area contributed by atoms with Crippen LogP contribution in [0.1, 0.15) is 43.5 Å². The van der Waals surface area contributed by atoms with Gasteiger partial charge in [0.1, 0.15) is 5.75 Å². The predicted molar refractivity (Wildman–Crippen MR) is 145 cm³/mol. The van der Waals surface area contributed by atoms with Gasteiger partial charge in [-0.15, -0.1) is 0 Å². The molecule has 6 nitrogen and oxygen atoms in total. The third-order valence-electron chi connectivity index (χ3n) is 5.52. The normalized spacial score (nSPS) is 15.6. The van der Waals surface area contributed by atoms with E-state index in [1.807, 2.05) is 50.2 Å². The first-order chi connectivity index (χ1) is 16.7. The zero-order chi connectivity index (χ0) is 25.3. The summed E-state index contributed by atoms with van der Waals surface area (Å²) in [6, 6.07) is 11.0. The Labute approximate surface area is 223 Å². The molecule has 2 aromatic carbocycles. The molecule has 1 aliphatic rings. The van der Waals surface area contributed by atoms with Crippen LogP contribution in [0.5, 0.6) is 5.75 Å². The highest BCUT2D eigenvalue weighted by molar-refractivity contribution is 9.11. The molecular formula is C26H24Br2N2O4S. The Bertz CT molecular complexity index is 1500. The average molecular weight is 620 g/mol. The summed E-state index contributed by atoms with van der Waals surface area (Å²) in [6.45, 7) is 8.16. The van der Waals surface area contributed by atoms with E-state index in [4.69, 9.17) is 9.47 Å². The van der Waals surface area contributed by atoms with Gasteiger partial charge in [0.25, 0.3) is 5.56 Å². The molecule has 1 aliphatic heterocycles. The van der Waals surface area contributed by atoms with Gasteiger partial charge in [0.2, 0.25) is 0 Å². The van der Waals surface area contributed by atoms with E-state index >= 15 is 0 Å². The fraction of sp³-hybridized carbons (Fsp3) is 0.269. The van der Waals surface area contributed by atoms with E-state index in [1.165, 1.54) is 11.3 Å². The lowest BCUT2D eigenvalue weighted by atomic mass is 9.95. The SMILES string of the molecule is CCOC(=O)C1=C(C)N=c2s/c(=C\c3cc(Br)cc(Br)c3OCC)c(=O)n2[C@@H]1c1ccc(C)cc1. The Kier molecular flexibility index (Phi) is 7.78. The lowest BCUT2D eigenvalue weighted by Gasteiger charge is -2.24. The van der Waals surface area contributed by atoms with Crippen LogP contribution in [-0.4, -0.2) is 23.8 Å². The van der Waals surface area contributed by atoms with E-state index in [0.717, 1.165) is 25.6 Å². The number of allylic oxidation sites excluding steroid dienone is 1. The molecule has 0 unspecified atom stereocenters. The Hall–Kier alpha value is -2.49. The van der Waals surface area contributed by atoms with Crippen molar-refractivity contribution in [2.24, 2.45) is 4.99 Å². The monoisotopic (exact) mass is 618 g/mol. The largest absolute Gasteiger partial charge is 0.492 e. The highest BCUT2D eigenvalue weighted by atomic mass is 79.9. The number of aromatic nitrogens is 1. The van der Waals surface area contributed by atoms with Gasteiger partial charge >= 0.3 is 5.97 Å². The molecule has 0 saturated heterocycles. The number of hydrogen-bond acceptors (Lipinski definition) is 6. The van der Waals surface area contributed by atoms with Crippen molar-refractivity contribution in [3.63, 3.8) is 0 Å². The van der Waals surface area contributed by atoms with Gasteiger partial charge in [0.15, 0.2) is 4.80 Å². The van der Waals surface area contributed by atoms with Crippen LogP contribution in [-0.2, 0) is 9.53 Å². The van der Waals surface area contributed by atoms with E-state index in [1.54, 1.807) is 24.5 Å². The van der Waals surface area contributed by atoms with E-state index in [9.17, 15) is 9.59 Å². The summed E-state index contributed by atoms with van der Waals surface area (Å²) in [7, 11) is 0. The molecule has 4 rings (SSSR count). The van der Waals surface area contributed by atoms with Crippen LogP contribution in [0, 0.1) is 6.92 Å². The highest BCUT2D eigenvalue weighted by Crippen LogP contribution is 2.34. The number of thiazole rings is 1. The fourth-order valence-corrected chi connectivity index (χ4v) is 6.39. The number of nitrogens with zero attached hydrogens (tertiary/aromatic N) is 2. The second-order valence-electron chi connectivity index (χ2n) is 7.95. The lowest BCUT2D eigenvalue weighted by molar-refractivity contribution is -0.139. The summed E-state index contributed by atoms with van der Waals surface area (Å²) in [5, 5.41) is 0. The van der Waals surface area contributed by atoms with Crippen molar-refractivity contribution in [2.45, 2.75) is 33.7 Å². The van der Waals surface area contributed by atoms with E-state index in [0.29, 0.717) is 33.0 Å². The van der Waals surface area contributed by atoms with Crippen molar-refractivity contribution in [3.8, 4) is 5.75 Å². The maximum Gasteiger partial charge on any atom is 0.338 e. The van der Waals surface area contributed by atoms with Crippen molar-refractivity contribution >= 4 is 55.2 Å². The van der Waals surface area contributed by atoms with Gasteiger partial charge in [-0.2, -0.15) is 0 Å². The van der Waals surface area contributed by atoms with Crippen LogP contribution >= 0.6 is 43.2 Å². The number of rotatable bonds is 6. The molecule has 0 aliphatic carbocycles. The van der Waals surface area contributed by atoms with Gasteiger partial charge in [-0.25, -0.2) is 9.79 Å². The second-order valence-corrected chi connectivity index (χ2v) is 10.7. The zero-order valence-electron chi connectivity index (χ0n) is 19.7. The minimum absolute atomic E-state index is 0.229. The van der Waals surface area contributed by atoms with Gasteiger partial charge in [-0.1, -0.05) is 57.1 Å². The van der Waals surface area contributed by atoms with Gasteiger partial charge in [-0.3, -0.25) is 9.36 Å². The maximum absolute atomic E-state index is 13.8. The summed E-state index contributed by atoms with van der Waals surface area (Å²) in [5.74, 6) is 0.183. The van der Waals surface area contributed by atoms with Crippen LogP contribution in [0.15, 0.2) is 66.4 Å².